The van der Waals surface area contributed by atoms with Crippen molar-refractivity contribution in [1.29, 1.82) is 0 Å². The summed E-state index contributed by atoms with van der Waals surface area (Å²) in [5.74, 6) is 0. The molecule has 2 nitrogen and oxygen atoms in total. The Morgan fingerprint density at radius 1 is 0.950 bits per heavy atom. The van der Waals surface area contributed by atoms with Crippen molar-refractivity contribution in [1.82, 2.24) is 0 Å². The number of rotatable bonds is 8. The molecule has 0 unspecified atom stereocenters. The molecule has 20 heavy (non-hydrogen) atoms. The van der Waals surface area contributed by atoms with Crippen molar-refractivity contribution in [3.05, 3.63) is 24.3 Å². The molecule has 0 heterocycles. The van der Waals surface area contributed by atoms with Crippen LogP contribution in [0, 0.1) is 5.41 Å². The molecule has 0 atom stereocenters. The predicted molar refractivity (Wildman–Crippen MR) is 89.6 cm³/mol. The van der Waals surface area contributed by atoms with Crippen molar-refractivity contribution in [3.8, 4) is 0 Å². The zero-order valence-electron chi connectivity index (χ0n) is 13.5. The van der Waals surface area contributed by atoms with Crippen LogP contribution in [0.5, 0.6) is 0 Å². The van der Waals surface area contributed by atoms with E-state index in [1.54, 1.807) is 0 Å². The van der Waals surface area contributed by atoms with Crippen LogP contribution in [-0.2, 0) is 0 Å². The van der Waals surface area contributed by atoms with Crippen molar-refractivity contribution in [2.45, 2.75) is 77.2 Å². The molecule has 0 aromatic heterocycles. The molecule has 1 fully saturated rings. The van der Waals surface area contributed by atoms with E-state index >= 15 is 0 Å². The van der Waals surface area contributed by atoms with E-state index in [-0.39, 0.29) is 11.0 Å². The molecular formula is C18H34N2. The van der Waals surface area contributed by atoms with E-state index in [1.165, 1.54) is 32.1 Å². The van der Waals surface area contributed by atoms with Crippen molar-refractivity contribution in [2.24, 2.45) is 16.9 Å². The van der Waals surface area contributed by atoms with Crippen molar-refractivity contribution < 1.29 is 0 Å². The molecule has 4 N–H and O–H groups in total. The van der Waals surface area contributed by atoms with Crippen molar-refractivity contribution in [3.63, 3.8) is 0 Å². The fraction of sp³-hybridized carbons (Fsp3) is 0.778. The summed E-state index contributed by atoms with van der Waals surface area (Å²) < 4.78 is 0. The molecule has 1 rings (SSSR count). The summed E-state index contributed by atoms with van der Waals surface area (Å²) >= 11 is 0. The van der Waals surface area contributed by atoms with Crippen LogP contribution in [0.3, 0.4) is 0 Å². The molecule has 0 amide bonds. The van der Waals surface area contributed by atoms with Gasteiger partial charge in [0.2, 0.25) is 0 Å². The summed E-state index contributed by atoms with van der Waals surface area (Å²) in [5.41, 5.74) is 12.4. The molecule has 0 bridgehead atoms. The van der Waals surface area contributed by atoms with Crippen LogP contribution in [-0.4, -0.2) is 12.1 Å². The van der Waals surface area contributed by atoms with Gasteiger partial charge in [0, 0.05) is 5.54 Å². The molecule has 0 saturated heterocycles. The number of allylic oxidation sites excluding steroid dienone is 3. The zero-order valence-corrected chi connectivity index (χ0v) is 13.5. The fourth-order valence-corrected chi connectivity index (χ4v) is 2.69. The highest BCUT2D eigenvalue weighted by Gasteiger charge is 2.25. The molecule has 116 valence electrons. The van der Waals surface area contributed by atoms with Crippen LogP contribution in [0.25, 0.3) is 0 Å². The minimum absolute atomic E-state index is 0.0930. The van der Waals surface area contributed by atoms with Crippen LogP contribution >= 0.6 is 0 Å². The lowest BCUT2D eigenvalue weighted by atomic mass is 9.80. The normalized spacial score (nSPS) is 20.0. The van der Waals surface area contributed by atoms with Crippen LogP contribution in [0.4, 0.5) is 0 Å². The first-order chi connectivity index (χ1) is 9.47. The van der Waals surface area contributed by atoms with E-state index in [2.05, 4.69) is 38.2 Å². The van der Waals surface area contributed by atoms with Gasteiger partial charge < -0.3 is 11.5 Å². The summed E-state index contributed by atoms with van der Waals surface area (Å²) in [6, 6.07) is 0. The van der Waals surface area contributed by atoms with Gasteiger partial charge in [0.1, 0.15) is 0 Å². The first-order valence-electron chi connectivity index (χ1n) is 8.26. The van der Waals surface area contributed by atoms with E-state index in [0.29, 0.717) is 0 Å². The standard InChI is InChI=1S/C18H34N2/c1-17(2,16-19)12-8-5-3-4-6-9-13-18(20)14-10-7-11-15-18/h5-6,8-9H,3-4,7,10-16,19-20H2,1-2H3. The summed E-state index contributed by atoms with van der Waals surface area (Å²) in [7, 11) is 0. The Labute approximate surface area is 125 Å². The lowest BCUT2D eigenvalue weighted by molar-refractivity contribution is 0.298. The van der Waals surface area contributed by atoms with Gasteiger partial charge in [-0.15, -0.1) is 0 Å². The molecule has 0 aromatic carbocycles. The number of hydrogen-bond acceptors (Lipinski definition) is 2. The largest absolute Gasteiger partial charge is 0.330 e. The third-order valence-corrected chi connectivity index (χ3v) is 4.43. The van der Waals surface area contributed by atoms with Crippen LogP contribution in [0.15, 0.2) is 24.3 Å². The summed E-state index contributed by atoms with van der Waals surface area (Å²) in [6.07, 6.45) is 19.9. The van der Waals surface area contributed by atoms with Crippen LogP contribution < -0.4 is 11.5 Å². The lowest BCUT2D eigenvalue weighted by Crippen LogP contribution is -2.40. The van der Waals surface area contributed by atoms with Gasteiger partial charge in [0.05, 0.1) is 0 Å². The van der Waals surface area contributed by atoms with Crippen LogP contribution in [0.2, 0.25) is 0 Å². The zero-order chi connectivity index (χ0) is 14.9. The van der Waals surface area contributed by atoms with E-state index in [9.17, 15) is 0 Å². The molecule has 0 aliphatic heterocycles. The van der Waals surface area contributed by atoms with Gasteiger partial charge in [-0.2, -0.15) is 0 Å². The Morgan fingerprint density at radius 3 is 2.15 bits per heavy atom. The molecular weight excluding hydrogens is 244 g/mol. The molecule has 0 aromatic rings. The van der Waals surface area contributed by atoms with E-state index in [0.717, 1.165) is 32.2 Å². The van der Waals surface area contributed by atoms with E-state index in [1.807, 2.05) is 0 Å². The highest BCUT2D eigenvalue weighted by molar-refractivity contribution is 4.97. The monoisotopic (exact) mass is 278 g/mol. The Bertz CT molecular complexity index is 309. The maximum Gasteiger partial charge on any atom is 0.0189 e. The number of unbranched alkanes of at least 4 members (excludes halogenated alkanes) is 1. The van der Waals surface area contributed by atoms with Gasteiger partial charge in [-0.1, -0.05) is 57.4 Å². The van der Waals surface area contributed by atoms with Gasteiger partial charge >= 0.3 is 0 Å². The minimum Gasteiger partial charge on any atom is -0.330 e. The summed E-state index contributed by atoms with van der Waals surface area (Å²) in [5, 5.41) is 0. The predicted octanol–water partition coefficient (Wildman–Crippen LogP) is 4.31. The number of nitrogens with two attached hydrogens (primary N) is 2. The maximum atomic E-state index is 6.41. The molecule has 0 radical (unpaired) electrons. The molecule has 1 aliphatic carbocycles. The smallest absolute Gasteiger partial charge is 0.0189 e. The van der Waals surface area contributed by atoms with Gasteiger partial charge in [-0.25, -0.2) is 0 Å². The van der Waals surface area contributed by atoms with Crippen molar-refractivity contribution in [2.75, 3.05) is 6.54 Å². The Kier molecular flexibility index (Phi) is 7.53. The fourth-order valence-electron chi connectivity index (χ4n) is 2.69. The summed E-state index contributed by atoms with van der Waals surface area (Å²) in [4.78, 5) is 0. The SMILES string of the molecule is CC(C)(CN)CC=CCCC=CCC1(N)CCCCC1. The van der Waals surface area contributed by atoms with Gasteiger partial charge in [0.15, 0.2) is 0 Å². The third kappa shape index (κ3) is 7.25. The minimum atomic E-state index is 0.0930. The lowest BCUT2D eigenvalue weighted by Gasteiger charge is -2.32. The number of hydrogen-bond donors (Lipinski definition) is 2. The molecule has 2 heteroatoms. The molecule has 1 saturated carbocycles. The van der Waals surface area contributed by atoms with Gasteiger partial charge in [-0.05, 0) is 50.5 Å². The first kappa shape index (κ1) is 17.5. The van der Waals surface area contributed by atoms with E-state index < -0.39 is 0 Å². The Hall–Kier alpha value is -0.600. The second-order valence-electron chi connectivity index (χ2n) is 7.22. The first-order valence-corrected chi connectivity index (χ1v) is 8.26. The van der Waals surface area contributed by atoms with Gasteiger partial charge in [-0.3, -0.25) is 0 Å². The molecule has 0 spiro atoms. The Balaban J connectivity index is 2.11. The van der Waals surface area contributed by atoms with Crippen LogP contribution in [0.1, 0.15) is 71.6 Å². The summed E-state index contributed by atoms with van der Waals surface area (Å²) in [6.45, 7) is 5.17. The average molecular weight is 278 g/mol. The highest BCUT2D eigenvalue weighted by Crippen LogP contribution is 2.28. The third-order valence-electron chi connectivity index (χ3n) is 4.43. The topological polar surface area (TPSA) is 52.0 Å². The maximum absolute atomic E-state index is 6.41. The second-order valence-corrected chi connectivity index (χ2v) is 7.22. The van der Waals surface area contributed by atoms with Crippen molar-refractivity contribution >= 4 is 0 Å². The second kappa shape index (κ2) is 8.63. The molecule has 1 aliphatic rings. The van der Waals surface area contributed by atoms with Gasteiger partial charge in [0.25, 0.3) is 0 Å². The Morgan fingerprint density at radius 2 is 1.55 bits per heavy atom. The quantitative estimate of drug-likeness (QED) is 0.513. The highest BCUT2D eigenvalue weighted by atomic mass is 14.7. The van der Waals surface area contributed by atoms with E-state index in [4.69, 9.17) is 11.5 Å². The average Bonchev–Trinajstić information content (AvgIpc) is 2.42.